The van der Waals surface area contributed by atoms with E-state index in [4.69, 9.17) is 0 Å². The topological polar surface area (TPSA) is 58.2 Å². The SMILES string of the molecule is C=CC(=O)NCc1ccc(CNC(C)=O)cc1. The molecule has 2 N–H and O–H groups in total. The lowest BCUT2D eigenvalue weighted by Gasteiger charge is -2.05. The Morgan fingerprint density at radius 2 is 1.59 bits per heavy atom. The van der Waals surface area contributed by atoms with Gasteiger partial charge >= 0.3 is 0 Å². The molecule has 1 aromatic carbocycles. The third-order valence-electron chi connectivity index (χ3n) is 2.22. The molecule has 1 aromatic rings. The van der Waals surface area contributed by atoms with Gasteiger partial charge in [0.2, 0.25) is 11.8 Å². The molecule has 90 valence electrons. The molecule has 0 heterocycles. The minimum atomic E-state index is -0.188. The summed E-state index contributed by atoms with van der Waals surface area (Å²) in [6, 6.07) is 7.68. The van der Waals surface area contributed by atoms with Crippen LogP contribution in [-0.2, 0) is 22.7 Å². The first kappa shape index (κ1) is 13.0. The van der Waals surface area contributed by atoms with Crippen molar-refractivity contribution in [1.82, 2.24) is 10.6 Å². The van der Waals surface area contributed by atoms with Gasteiger partial charge in [-0.1, -0.05) is 30.8 Å². The fourth-order valence-corrected chi connectivity index (χ4v) is 1.26. The molecule has 4 heteroatoms. The van der Waals surface area contributed by atoms with Crippen LogP contribution in [0.2, 0.25) is 0 Å². The first-order valence-corrected chi connectivity index (χ1v) is 5.34. The van der Waals surface area contributed by atoms with Crippen LogP contribution in [0.1, 0.15) is 18.1 Å². The highest BCUT2D eigenvalue weighted by atomic mass is 16.2. The van der Waals surface area contributed by atoms with E-state index in [-0.39, 0.29) is 11.8 Å². The summed E-state index contributed by atoms with van der Waals surface area (Å²) in [7, 11) is 0. The average molecular weight is 232 g/mol. The molecule has 0 saturated carbocycles. The third kappa shape index (κ3) is 4.97. The molecule has 0 fully saturated rings. The van der Waals surface area contributed by atoms with Crippen molar-refractivity contribution in [3.8, 4) is 0 Å². The number of amides is 2. The van der Waals surface area contributed by atoms with Gasteiger partial charge in [0, 0.05) is 20.0 Å². The summed E-state index contributed by atoms with van der Waals surface area (Å²) in [4.78, 5) is 21.7. The van der Waals surface area contributed by atoms with Gasteiger partial charge in [0.05, 0.1) is 0 Å². The smallest absolute Gasteiger partial charge is 0.243 e. The van der Waals surface area contributed by atoms with Gasteiger partial charge in [-0.2, -0.15) is 0 Å². The molecule has 0 spiro atoms. The van der Waals surface area contributed by atoms with Crippen molar-refractivity contribution >= 4 is 11.8 Å². The van der Waals surface area contributed by atoms with Crippen molar-refractivity contribution in [2.45, 2.75) is 20.0 Å². The summed E-state index contributed by atoms with van der Waals surface area (Å²) < 4.78 is 0. The fourth-order valence-electron chi connectivity index (χ4n) is 1.26. The van der Waals surface area contributed by atoms with E-state index in [2.05, 4.69) is 17.2 Å². The molecule has 0 aliphatic carbocycles. The van der Waals surface area contributed by atoms with Gasteiger partial charge in [-0.25, -0.2) is 0 Å². The Labute approximate surface area is 101 Å². The zero-order chi connectivity index (χ0) is 12.7. The summed E-state index contributed by atoms with van der Waals surface area (Å²) in [5.41, 5.74) is 2.03. The number of benzene rings is 1. The molecule has 4 nitrogen and oxygen atoms in total. The van der Waals surface area contributed by atoms with Gasteiger partial charge in [0.15, 0.2) is 0 Å². The predicted octanol–water partition coefficient (Wildman–Crippen LogP) is 1.12. The summed E-state index contributed by atoms with van der Waals surface area (Å²) in [5, 5.41) is 5.41. The van der Waals surface area contributed by atoms with E-state index < -0.39 is 0 Å². The monoisotopic (exact) mass is 232 g/mol. The number of hydrogen-bond donors (Lipinski definition) is 2. The Kier molecular flexibility index (Phi) is 4.94. The Balaban J connectivity index is 2.47. The second-order valence-electron chi connectivity index (χ2n) is 3.65. The third-order valence-corrected chi connectivity index (χ3v) is 2.22. The van der Waals surface area contributed by atoms with E-state index in [1.165, 1.54) is 13.0 Å². The van der Waals surface area contributed by atoms with E-state index in [9.17, 15) is 9.59 Å². The maximum Gasteiger partial charge on any atom is 0.243 e. The second-order valence-corrected chi connectivity index (χ2v) is 3.65. The van der Waals surface area contributed by atoms with Crippen molar-refractivity contribution < 1.29 is 9.59 Å². The molecule has 0 bridgehead atoms. The summed E-state index contributed by atoms with van der Waals surface area (Å²) in [6.07, 6.45) is 1.24. The van der Waals surface area contributed by atoms with Crippen LogP contribution in [0.3, 0.4) is 0 Å². The van der Waals surface area contributed by atoms with Gasteiger partial charge in [0.1, 0.15) is 0 Å². The van der Waals surface area contributed by atoms with Crippen molar-refractivity contribution in [2.75, 3.05) is 0 Å². The van der Waals surface area contributed by atoms with Crippen molar-refractivity contribution in [2.24, 2.45) is 0 Å². The molecule has 0 unspecified atom stereocenters. The number of hydrogen-bond acceptors (Lipinski definition) is 2. The maximum absolute atomic E-state index is 11.0. The number of carbonyl (C=O) groups excluding carboxylic acids is 2. The van der Waals surface area contributed by atoms with E-state index in [1.54, 1.807) is 0 Å². The highest BCUT2D eigenvalue weighted by Crippen LogP contribution is 2.04. The Morgan fingerprint density at radius 3 is 2.00 bits per heavy atom. The number of rotatable bonds is 5. The Morgan fingerprint density at radius 1 is 1.12 bits per heavy atom. The van der Waals surface area contributed by atoms with E-state index in [0.29, 0.717) is 13.1 Å². The summed E-state index contributed by atoms with van der Waals surface area (Å²) >= 11 is 0. The molecular formula is C13H16N2O2. The minimum absolute atomic E-state index is 0.0488. The summed E-state index contributed by atoms with van der Waals surface area (Å²) in [5.74, 6) is -0.236. The van der Waals surface area contributed by atoms with E-state index in [1.807, 2.05) is 24.3 Å². The van der Waals surface area contributed by atoms with Gasteiger partial charge in [-0.15, -0.1) is 0 Å². The van der Waals surface area contributed by atoms with Gasteiger partial charge in [-0.05, 0) is 17.2 Å². The van der Waals surface area contributed by atoms with Crippen molar-refractivity contribution in [3.63, 3.8) is 0 Å². The highest BCUT2D eigenvalue weighted by molar-refractivity contribution is 5.86. The Hall–Kier alpha value is -2.10. The van der Waals surface area contributed by atoms with Gasteiger partial charge < -0.3 is 10.6 Å². The molecule has 1 rings (SSSR count). The first-order valence-electron chi connectivity index (χ1n) is 5.34. The minimum Gasteiger partial charge on any atom is -0.352 e. The van der Waals surface area contributed by atoms with Crippen LogP contribution in [0, 0.1) is 0 Å². The zero-order valence-electron chi connectivity index (χ0n) is 9.82. The highest BCUT2D eigenvalue weighted by Gasteiger charge is 1.97. The molecule has 0 aliphatic rings. The number of carbonyl (C=O) groups is 2. The molecule has 2 amide bonds. The molecule has 0 radical (unpaired) electrons. The molecule has 0 saturated heterocycles. The van der Waals surface area contributed by atoms with Crippen LogP contribution in [0.15, 0.2) is 36.9 Å². The lowest BCUT2D eigenvalue weighted by Crippen LogP contribution is -2.20. The van der Waals surface area contributed by atoms with Gasteiger partial charge in [-0.3, -0.25) is 9.59 Å². The van der Waals surface area contributed by atoms with E-state index in [0.717, 1.165) is 11.1 Å². The predicted molar refractivity (Wildman–Crippen MR) is 66.0 cm³/mol. The van der Waals surface area contributed by atoms with Crippen LogP contribution in [0.5, 0.6) is 0 Å². The van der Waals surface area contributed by atoms with Crippen molar-refractivity contribution in [1.29, 1.82) is 0 Å². The largest absolute Gasteiger partial charge is 0.352 e. The maximum atomic E-state index is 11.0. The number of nitrogens with one attached hydrogen (secondary N) is 2. The summed E-state index contributed by atoms with van der Waals surface area (Å²) in [6.45, 7) is 5.86. The molecular weight excluding hydrogens is 216 g/mol. The molecule has 0 aromatic heterocycles. The standard InChI is InChI=1S/C13H16N2O2/c1-3-13(17)15-9-12-6-4-11(5-7-12)8-14-10(2)16/h3-7H,1,8-9H2,2H3,(H,14,16)(H,15,17). The average Bonchev–Trinajstić information content (AvgIpc) is 2.34. The molecule has 17 heavy (non-hydrogen) atoms. The fraction of sp³-hybridized carbons (Fsp3) is 0.231. The molecule has 0 aliphatic heterocycles. The quantitative estimate of drug-likeness (QED) is 0.747. The lowest BCUT2D eigenvalue weighted by molar-refractivity contribution is -0.119. The van der Waals surface area contributed by atoms with Crippen LogP contribution in [-0.4, -0.2) is 11.8 Å². The molecule has 0 atom stereocenters. The van der Waals surface area contributed by atoms with Crippen molar-refractivity contribution in [3.05, 3.63) is 48.0 Å². The van der Waals surface area contributed by atoms with Crippen LogP contribution in [0.25, 0.3) is 0 Å². The van der Waals surface area contributed by atoms with E-state index >= 15 is 0 Å². The Bertz CT molecular complexity index is 410. The van der Waals surface area contributed by atoms with Crippen LogP contribution >= 0.6 is 0 Å². The zero-order valence-corrected chi connectivity index (χ0v) is 9.82. The normalized spacial score (nSPS) is 9.47. The lowest BCUT2D eigenvalue weighted by atomic mass is 10.1. The second kappa shape index (κ2) is 6.48. The van der Waals surface area contributed by atoms with Gasteiger partial charge in [0.25, 0.3) is 0 Å². The van der Waals surface area contributed by atoms with Crippen LogP contribution in [0.4, 0.5) is 0 Å². The van der Waals surface area contributed by atoms with Crippen LogP contribution < -0.4 is 10.6 Å². The first-order chi connectivity index (χ1) is 8.11.